The van der Waals surface area contributed by atoms with E-state index in [0.29, 0.717) is 13.1 Å². The Morgan fingerprint density at radius 1 is 1.38 bits per heavy atom. The number of likely N-dealkylation sites (tertiary alicyclic amines) is 1. The van der Waals surface area contributed by atoms with Gasteiger partial charge < -0.3 is 4.74 Å². The third kappa shape index (κ3) is 3.10. The van der Waals surface area contributed by atoms with E-state index in [2.05, 4.69) is 4.74 Å². The molecule has 1 saturated heterocycles. The van der Waals surface area contributed by atoms with Crippen LogP contribution in [0.1, 0.15) is 19.8 Å². The fraction of sp³-hybridized carbons (Fsp3) is 0.900. The molecule has 94 valence electrons. The smallest absolute Gasteiger partial charge is 0.391 e. The molecule has 0 aliphatic carbocycles. The minimum Gasteiger partial charge on any atom is -0.468 e. The van der Waals surface area contributed by atoms with Crippen molar-refractivity contribution in [2.24, 2.45) is 5.92 Å². The Morgan fingerprint density at radius 2 is 1.88 bits per heavy atom. The monoisotopic (exact) mass is 239 g/mol. The summed E-state index contributed by atoms with van der Waals surface area (Å²) in [6.07, 6.45) is -3.99. The second-order valence-corrected chi connectivity index (χ2v) is 4.05. The number of halogens is 3. The number of rotatable bonds is 2. The highest BCUT2D eigenvalue weighted by molar-refractivity contribution is 5.75. The Labute approximate surface area is 92.5 Å². The van der Waals surface area contributed by atoms with Crippen LogP contribution in [0.5, 0.6) is 0 Å². The normalized spacial score (nSPS) is 21.8. The lowest BCUT2D eigenvalue weighted by molar-refractivity contribution is -0.186. The molecule has 0 unspecified atom stereocenters. The van der Waals surface area contributed by atoms with E-state index in [9.17, 15) is 18.0 Å². The summed E-state index contributed by atoms with van der Waals surface area (Å²) in [5, 5.41) is 0. The molecule has 1 atom stereocenters. The first kappa shape index (κ1) is 13.3. The molecule has 0 radical (unpaired) electrons. The molecule has 0 spiro atoms. The number of hydrogen-bond donors (Lipinski definition) is 0. The lowest BCUT2D eigenvalue weighted by atomic mass is 9.95. The second kappa shape index (κ2) is 5.03. The molecule has 1 aliphatic heterocycles. The fourth-order valence-electron chi connectivity index (χ4n) is 1.93. The van der Waals surface area contributed by atoms with Gasteiger partial charge in [0.1, 0.15) is 6.04 Å². The first-order valence-electron chi connectivity index (χ1n) is 5.25. The number of hydrogen-bond acceptors (Lipinski definition) is 3. The number of carbonyl (C=O) groups is 1. The van der Waals surface area contributed by atoms with Gasteiger partial charge in [-0.1, -0.05) is 0 Å². The van der Waals surface area contributed by atoms with Gasteiger partial charge in [0.25, 0.3) is 0 Å². The lowest BCUT2D eigenvalue weighted by Gasteiger charge is -2.35. The van der Waals surface area contributed by atoms with Crippen molar-refractivity contribution in [3.63, 3.8) is 0 Å². The van der Waals surface area contributed by atoms with Crippen molar-refractivity contribution in [1.29, 1.82) is 0 Å². The summed E-state index contributed by atoms with van der Waals surface area (Å²) in [6, 6.07) is -0.459. The van der Waals surface area contributed by atoms with Crippen LogP contribution in [0.2, 0.25) is 0 Å². The number of esters is 1. The van der Waals surface area contributed by atoms with Crippen molar-refractivity contribution in [3.8, 4) is 0 Å². The van der Waals surface area contributed by atoms with Crippen molar-refractivity contribution in [2.45, 2.75) is 32.0 Å². The van der Waals surface area contributed by atoms with E-state index in [4.69, 9.17) is 0 Å². The number of carbonyl (C=O) groups excluding carboxylic acids is 1. The minimum atomic E-state index is -4.11. The number of piperidine rings is 1. The standard InChI is InChI=1S/C10H16F3NO2/c1-7(9(15)16-2)14-5-3-8(4-6-14)10(11,12)13/h7-8H,3-6H2,1-2H3/t7-/m0/s1. The average Bonchev–Trinajstić information content (AvgIpc) is 2.26. The van der Waals surface area contributed by atoms with Crippen LogP contribution in [0.3, 0.4) is 0 Å². The van der Waals surface area contributed by atoms with Gasteiger partial charge in [0.15, 0.2) is 0 Å². The van der Waals surface area contributed by atoms with Gasteiger partial charge in [-0.25, -0.2) is 0 Å². The molecule has 0 N–H and O–H groups in total. The molecule has 0 aromatic heterocycles. The van der Waals surface area contributed by atoms with Crippen molar-refractivity contribution in [1.82, 2.24) is 4.90 Å². The molecule has 16 heavy (non-hydrogen) atoms. The third-order valence-corrected chi connectivity index (χ3v) is 3.08. The molecule has 1 aliphatic rings. The van der Waals surface area contributed by atoms with Crippen LogP contribution in [0.4, 0.5) is 13.2 Å². The quantitative estimate of drug-likeness (QED) is 0.688. The molecule has 0 amide bonds. The molecular weight excluding hydrogens is 223 g/mol. The predicted octanol–water partition coefficient (Wildman–Crippen LogP) is 1.82. The molecule has 1 rings (SSSR count). The minimum absolute atomic E-state index is 0.0604. The van der Waals surface area contributed by atoms with E-state index in [1.54, 1.807) is 11.8 Å². The summed E-state index contributed by atoms with van der Waals surface area (Å²) < 4.78 is 41.7. The van der Waals surface area contributed by atoms with E-state index in [0.717, 1.165) is 0 Å². The number of ether oxygens (including phenoxy) is 1. The maximum atomic E-state index is 12.4. The second-order valence-electron chi connectivity index (χ2n) is 4.05. The average molecular weight is 239 g/mol. The first-order chi connectivity index (χ1) is 7.36. The number of alkyl halides is 3. The summed E-state index contributed by atoms with van der Waals surface area (Å²) in [6.45, 7) is 2.24. The van der Waals surface area contributed by atoms with Gasteiger partial charge in [-0.05, 0) is 32.9 Å². The van der Waals surface area contributed by atoms with Crippen LogP contribution in [0.15, 0.2) is 0 Å². The van der Waals surface area contributed by atoms with E-state index in [-0.39, 0.29) is 12.8 Å². The molecule has 0 saturated carbocycles. The Bertz CT molecular complexity index is 247. The van der Waals surface area contributed by atoms with Gasteiger partial charge in [-0.2, -0.15) is 13.2 Å². The fourth-order valence-corrected chi connectivity index (χ4v) is 1.93. The highest BCUT2D eigenvalue weighted by Crippen LogP contribution is 2.34. The summed E-state index contributed by atoms with van der Waals surface area (Å²) in [5.41, 5.74) is 0. The number of methoxy groups -OCH3 is 1. The Hall–Kier alpha value is -0.780. The molecule has 3 nitrogen and oxygen atoms in total. The van der Waals surface area contributed by atoms with Gasteiger partial charge in [-0.3, -0.25) is 9.69 Å². The van der Waals surface area contributed by atoms with E-state index in [1.165, 1.54) is 7.11 Å². The van der Waals surface area contributed by atoms with Crippen molar-refractivity contribution < 1.29 is 22.7 Å². The first-order valence-corrected chi connectivity index (χ1v) is 5.25. The van der Waals surface area contributed by atoms with Gasteiger partial charge >= 0.3 is 12.1 Å². The van der Waals surface area contributed by atoms with E-state index < -0.39 is 24.1 Å². The van der Waals surface area contributed by atoms with E-state index >= 15 is 0 Å². The molecule has 0 aromatic rings. The van der Waals surface area contributed by atoms with Crippen molar-refractivity contribution in [2.75, 3.05) is 20.2 Å². The van der Waals surface area contributed by atoms with Crippen LogP contribution in [-0.4, -0.2) is 43.3 Å². The third-order valence-electron chi connectivity index (χ3n) is 3.08. The van der Waals surface area contributed by atoms with Crippen molar-refractivity contribution >= 4 is 5.97 Å². The maximum absolute atomic E-state index is 12.4. The zero-order valence-corrected chi connectivity index (χ0v) is 9.38. The Morgan fingerprint density at radius 3 is 2.25 bits per heavy atom. The van der Waals surface area contributed by atoms with Crippen molar-refractivity contribution in [3.05, 3.63) is 0 Å². The van der Waals surface area contributed by atoms with Gasteiger partial charge in [-0.15, -0.1) is 0 Å². The molecule has 1 heterocycles. The SMILES string of the molecule is COC(=O)[C@H](C)N1CCC(C(F)(F)F)CC1. The van der Waals surface area contributed by atoms with Crippen LogP contribution in [-0.2, 0) is 9.53 Å². The lowest BCUT2D eigenvalue weighted by Crippen LogP contribution is -2.46. The van der Waals surface area contributed by atoms with E-state index in [1.807, 2.05) is 0 Å². The zero-order valence-electron chi connectivity index (χ0n) is 9.38. The molecule has 0 aromatic carbocycles. The maximum Gasteiger partial charge on any atom is 0.391 e. The van der Waals surface area contributed by atoms with Crippen LogP contribution in [0, 0.1) is 5.92 Å². The zero-order chi connectivity index (χ0) is 12.3. The summed E-state index contributed by atoms with van der Waals surface area (Å²) in [5.74, 6) is -1.63. The molecular formula is C10H16F3NO2. The summed E-state index contributed by atoms with van der Waals surface area (Å²) in [4.78, 5) is 12.9. The molecule has 6 heteroatoms. The largest absolute Gasteiger partial charge is 0.468 e. The molecule has 0 bridgehead atoms. The van der Waals surface area contributed by atoms with Crippen LogP contribution >= 0.6 is 0 Å². The summed E-state index contributed by atoms with van der Waals surface area (Å²) >= 11 is 0. The highest BCUT2D eigenvalue weighted by Gasteiger charge is 2.42. The summed E-state index contributed by atoms with van der Waals surface area (Å²) in [7, 11) is 1.28. The van der Waals surface area contributed by atoms with Gasteiger partial charge in [0.05, 0.1) is 13.0 Å². The van der Waals surface area contributed by atoms with Gasteiger partial charge in [0, 0.05) is 0 Å². The Kier molecular flexibility index (Phi) is 4.18. The molecule has 1 fully saturated rings. The van der Waals surface area contributed by atoms with Crippen LogP contribution < -0.4 is 0 Å². The Balaban J connectivity index is 2.46. The highest BCUT2D eigenvalue weighted by atomic mass is 19.4. The van der Waals surface area contributed by atoms with Gasteiger partial charge in [0.2, 0.25) is 0 Å². The topological polar surface area (TPSA) is 29.5 Å². The van der Waals surface area contributed by atoms with Crippen LogP contribution in [0.25, 0.3) is 0 Å². The predicted molar refractivity (Wildman–Crippen MR) is 51.8 cm³/mol. The number of nitrogens with zero attached hydrogens (tertiary/aromatic N) is 1.